The Morgan fingerprint density at radius 3 is 1.86 bits per heavy atom. The maximum absolute atomic E-state index is 12.8. The van der Waals surface area contributed by atoms with Crippen molar-refractivity contribution in [3.63, 3.8) is 0 Å². The Kier molecular flexibility index (Phi) is 12.4. The molecule has 0 aromatic heterocycles. The molecule has 9 heteroatoms. The van der Waals surface area contributed by atoms with E-state index >= 15 is 0 Å². The molecular formula is C49H43N2O4S3+. The quantitative estimate of drug-likeness (QED) is 0.0363. The summed E-state index contributed by atoms with van der Waals surface area (Å²) in [5.74, 6) is 2.52. The minimum atomic E-state index is -4.55. The molecule has 1 aliphatic carbocycles. The van der Waals surface area contributed by atoms with Crippen LogP contribution in [-0.4, -0.2) is 37.6 Å². The van der Waals surface area contributed by atoms with Gasteiger partial charge < -0.3 is 9.32 Å². The van der Waals surface area contributed by atoms with Crippen molar-refractivity contribution in [1.29, 1.82) is 0 Å². The molecule has 1 N–H and O–H groups in total. The van der Waals surface area contributed by atoms with E-state index in [1.165, 1.54) is 15.9 Å². The molecule has 6 aromatic carbocycles. The van der Waals surface area contributed by atoms with E-state index in [1.807, 2.05) is 96.3 Å². The molecule has 0 bridgehead atoms. The molecule has 6 aromatic rings. The van der Waals surface area contributed by atoms with Gasteiger partial charge in [-0.3, -0.25) is 4.55 Å². The Hall–Kier alpha value is -5.58. The maximum Gasteiger partial charge on any atom is 0.295 e. The number of para-hydroxylation sites is 2. The molecular weight excluding hydrogens is 777 g/mol. The van der Waals surface area contributed by atoms with Crippen LogP contribution in [0.2, 0.25) is 0 Å². The summed E-state index contributed by atoms with van der Waals surface area (Å²) >= 11 is 3.69. The summed E-state index contributed by atoms with van der Waals surface area (Å²) in [6.45, 7) is 1.56. The molecule has 0 saturated carbocycles. The van der Waals surface area contributed by atoms with Crippen LogP contribution in [0, 0.1) is 0 Å². The van der Waals surface area contributed by atoms with Gasteiger partial charge in [-0.25, -0.2) is 0 Å². The van der Waals surface area contributed by atoms with Crippen molar-refractivity contribution >= 4 is 61.7 Å². The Bertz CT molecular complexity index is 2760. The summed E-state index contributed by atoms with van der Waals surface area (Å²) in [6, 6.07) is 60.5. The van der Waals surface area contributed by atoms with E-state index in [9.17, 15) is 13.0 Å². The average molecular weight is 820 g/mol. The zero-order valence-electron chi connectivity index (χ0n) is 31.9. The second kappa shape index (κ2) is 18.3. The first-order valence-electron chi connectivity index (χ1n) is 19.3. The van der Waals surface area contributed by atoms with E-state index in [-0.39, 0.29) is 4.90 Å². The monoisotopic (exact) mass is 819 g/mol. The van der Waals surface area contributed by atoms with E-state index in [1.54, 1.807) is 18.2 Å². The predicted octanol–water partition coefficient (Wildman–Crippen LogP) is 12.1. The zero-order valence-corrected chi connectivity index (χ0v) is 34.3. The number of nitrogens with zero attached hydrogens (tertiary/aromatic N) is 2. The van der Waals surface area contributed by atoms with Crippen molar-refractivity contribution < 1.29 is 17.4 Å². The lowest BCUT2D eigenvalue weighted by atomic mass is 9.93. The number of anilines is 2. The van der Waals surface area contributed by atoms with Crippen LogP contribution in [-0.2, 0) is 10.1 Å². The molecule has 0 spiro atoms. The average Bonchev–Trinajstić information content (AvgIpc) is 3.26. The summed E-state index contributed by atoms with van der Waals surface area (Å²) in [6.07, 6.45) is 1.88. The third kappa shape index (κ3) is 9.24. The fourth-order valence-corrected chi connectivity index (χ4v) is 9.70. The summed E-state index contributed by atoms with van der Waals surface area (Å²) in [7, 11) is -4.55. The number of hydrogen-bond acceptors (Lipinski definition) is 6. The van der Waals surface area contributed by atoms with Crippen LogP contribution in [0.5, 0.6) is 0 Å². The van der Waals surface area contributed by atoms with Crippen molar-refractivity contribution in [2.24, 2.45) is 0 Å². The van der Waals surface area contributed by atoms with Crippen LogP contribution in [0.4, 0.5) is 17.1 Å². The summed E-state index contributed by atoms with van der Waals surface area (Å²) in [5, 5.41) is 1.70. The van der Waals surface area contributed by atoms with Crippen LogP contribution in [0.25, 0.3) is 33.4 Å². The molecule has 0 saturated heterocycles. The fraction of sp³-hybridized carbons (Fsp3) is 0.122. The topological polar surface area (TPSA) is 73.8 Å². The Morgan fingerprint density at radius 1 is 0.586 bits per heavy atom. The lowest BCUT2D eigenvalue weighted by Crippen LogP contribution is -2.27. The lowest BCUT2D eigenvalue weighted by molar-refractivity contribution is 0.483. The van der Waals surface area contributed by atoms with Crippen molar-refractivity contribution in [2.45, 2.75) is 27.5 Å². The Labute approximate surface area is 348 Å². The van der Waals surface area contributed by atoms with Gasteiger partial charge in [-0.1, -0.05) is 91.0 Å². The van der Waals surface area contributed by atoms with Crippen molar-refractivity contribution in [3.05, 3.63) is 187 Å². The van der Waals surface area contributed by atoms with Crippen molar-refractivity contribution in [1.82, 2.24) is 4.58 Å². The molecule has 0 radical (unpaired) electrons. The van der Waals surface area contributed by atoms with Gasteiger partial charge >= 0.3 is 0 Å². The number of hydrogen-bond donors (Lipinski definition) is 1. The van der Waals surface area contributed by atoms with Crippen LogP contribution >= 0.6 is 23.5 Å². The second-order valence-electron chi connectivity index (χ2n) is 13.8. The third-order valence-corrected chi connectivity index (χ3v) is 13.1. The van der Waals surface area contributed by atoms with Gasteiger partial charge in [-0.15, -0.1) is 23.5 Å². The van der Waals surface area contributed by atoms with Crippen LogP contribution in [0.3, 0.4) is 0 Å². The highest BCUT2D eigenvalue weighted by atomic mass is 32.2. The third-order valence-electron chi connectivity index (χ3n) is 9.96. The van der Waals surface area contributed by atoms with Gasteiger partial charge in [-0.05, 0) is 72.8 Å². The molecule has 8 rings (SSSR count). The summed E-state index contributed by atoms with van der Waals surface area (Å²) in [4.78, 5) is 4.65. The first-order chi connectivity index (χ1) is 28.4. The molecule has 0 fully saturated rings. The van der Waals surface area contributed by atoms with E-state index in [4.69, 9.17) is 4.42 Å². The highest BCUT2D eigenvalue weighted by Crippen LogP contribution is 2.43. The molecule has 0 amide bonds. The van der Waals surface area contributed by atoms with Gasteiger partial charge in [-0.2, -0.15) is 13.0 Å². The molecule has 1 aliphatic heterocycles. The number of thioether (sulfide) groups is 2. The molecule has 290 valence electrons. The number of benzene rings is 7. The normalized spacial score (nSPS) is 12.2. The second-order valence-corrected chi connectivity index (χ2v) is 17.5. The standard InChI is InChI=1S/C49H42N2O4S3/c52-58(53,54)48-26-14-13-25-45(48)49-43-29-27-39(50(37-17-5-1-6-18-37)31-15-33-56-41-21-9-3-10-22-41)35-46(43)55-47-36-40(28-30-44(47)49)51(38-19-7-2-8-20-38)32-16-34-57-42-23-11-4-12-24-42/h1-14,17-30,35-36H,15-16,31-34H2/p+1. The number of rotatable bonds is 15. The first kappa shape index (κ1) is 39.3. The van der Waals surface area contributed by atoms with Gasteiger partial charge in [0, 0.05) is 86.2 Å². The molecule has 58 heavy (non-hydrogen) atoms. The summed E-state index contributed by atoms with van der Waals surface area (Å²) in [5.41, 5.74) is 5.52. The van der Waals surface area contributed by atoms with Crippen molar-refractivity contribution in [2.75, 3.05) is 29.5 Å². The molecule has 0 unspecified atom stereocenters. The molecule has 1 heterocycles. The molecule has 6 nitrogen and oxygen atoms in total. The zero-order chi connectivity index (χ0) is 39.7. The van der Waals surface area contributed by atoms with Gasteiger partial charge in [0.05, 0.1) is 6.07 Å². The van der Waals surface area contributed by atoms with Crippen LogP contribution < -0.4 is 14.8 Å². The van der Waals surface area contributed by atoms with Gasteiger partial charge in [0.15, 0.2) is 0 Å². The fourth-order valence-electron chi connectivity index (χ4n) is 7.28. The van der Waals surface area contributed by atoms with E-state index in [0.29, 0.717) is 22.5 Å². The van der Waals surface area contributed by atoms with E-state index < -0.39 is 10.1 Å². The van der Waals surface area contributed by atoms with Gasteiger partial charge in [0.1, 0.15) is 22.8 Å². The minimum Gasteiger partial charge on any atom is -0.456 e. The number of fused-ring (bicyclic) bond motifs is 2. The molecule has 0 atom stereocenters. The minimum absolute atomic E-state index is 0.152. The first-order valence-corrected chi connectivity index (χ1v) is 22.7. The van der Waals surface area contributed by atoms with Crippen molar-refractivity contribution in [3.8, 4) is 22.5 Å². The smallest absolute Gasteiger partial charge is 0.295 e. The predicted molar refractivity (Wildman–Crippen MR) is 241 cm³/mol. The van der Waals surface area contributed by atoms with E-state index in [0.717, 1.165) is 70.8 Å². The van der Waals surface area contributed by atoms with Crippen LogP contribution in [0.15, 0.2) is 201 Å². The van der Waals surface area contributed by atoms with Gasteiger partial charge in [0.2, 0.25) is 11.0 Å². The van der Waals surface area contributed by atoms with Crippen LogP contribution in [0.1, 0.15) is 12.8 Å². The molecule has 2 aliphatic rings. The van der Waals surface area contributed by atoms with E-state index in [2.05, 4.69) is 94.4 Å². The highest BCUT2D eigenvalue weighted by Gasteiger charge is 2.25. The highest BCUT2D eigenvalue weighted by molar-refractivity contribution is 7.99. The van der Waals surface area contributed by atoms with Gasteiger partial charge in [0.25, 0.3) is 10.1 Å². The Morgan fingerprint density at radius 2 is 1.19 bits per heavy atom. The Balaban J connectivity index is 1.25. The largest absolute Gasteiger partial charge is 0.456 e. The maximum atomic E-state index is 12.8. The lowest BCUT2D eigenvalue weighted by Gasteiger charge is -2.26. The SMILES string of the molecule is O=S(=O)(O)c1ccccc1-c1c2ccc(=[N+](CCCSc3ccccc3)c3ccccc3)cc-2oc2cc(N(CCCSc3ccccc3)c3ccccc3)ccc12. The summed E-state index contributed by atoms with van der Waals surface area (Å²) < 4.78 is 45.3.